The van der Waals surface area contributed by atoms with Gasteiger partial charge in [-0.2, -0.15) is 5.10 Å². The molecule has 1 aliphatic rings. The van der Waals surface area contributed by atoms with Crippen molar-refractivity contribution in [2.75, 3.05) is 0 Å². The van der Waals surface area contributed by atoms with E-state index < -0.39 is 0 Å². The molecule has 0 saturated heterocycles. The molecule has 0 radical (unpaired) electrons. The molecular weight excluding hydrogens is 342 g/mol. The fraction of sp³-hybridized carbons (Fsp3) is 0.190. The van der Waals surface area contributed by atoms with Gasteiger partial charge in [0.25, 0.3) is 0 Å². The van der Waals surface area contributed by atoms with E-state index in [-0.39, 0.29) is 5.78 Å². The molecule has 4 rings (SSSR count). The highest BCUT2D eigenvalue weighted by Gasteiger charge is 2.18. The third kappa shape index (κ3) is 3.73. The number of H-pyrrole nitrogens is 1. The van der Waals surface area contributed by atoms with Crippen molar-refractivity contribution in [3.05, 3.63) is 81.4 Å². The van der Waals surface area contributed by atoms with E-state index in [9.17, 15) is 4.79 Å². The van der Waals surface area contributed by atoms with Crippen LogP contribution in [0.3, 0.4) is 0 Å². The standard InChI is InChI=1S/C21H19N3OS/c25-20(21-9-5-11-26-21)14-18-17(8-4-10-22-18)19-13-16(23-24-19)12-15-6-2-1-3-7-15/h1-3,5-7,9-11,13H,4,8,12,14H2,(H,23,24). The number of benzene rings is 1. The van der Waals surface area contributed by atoms with Gasteiger partial charge in [0.2, 0.25) is 0 Å². The van der Waals surface area contributed by atoms with Gasteiger partial charge in [0.05, 0.1) is 22.7 Å². The summed E-state index contributed by atoms with van der Waals surface area (Å²) in [7, 11) is 0. The zero-order valence-corrected chi connectivity index (χ0v) is 15.1. The molecule has 4 nitrogen and oxygen atoms in total. The fourth-order valence-electron chi connectivity index (χ4n) is 3.13. The number of ketones is 1. The monoisotopic (exact) mass is 361 g/mol. The molecule has 0 atom stereocenters. The maximum Gasteiger partial charge on any atom is 0.178 e. The Kier molecular flexibility index (Phi) is 4.88. The summed E-state index contributed by atoms with van der Waals surface area (Å²) in [5.74, 6) is 0.117. The molecular formula is C21H19N3OS. The van der Waals surface area contributed by atoms with Crippen LogP contribution in [0.5, 0.6) is 0 Å². The van der Waals surface area contributed by atoms with Crippen molar-refractivity contribution in [1.29, 1.82) is 0 Å². The molecule has 5 heteroatoms. The van der Waals surface area contributed by atoms with Gasteiger partial charge in [-0.25, -0.2) is 0 Å². The van der Waals surface area contributed by atoms with Gasteiger partial charge < -0.3 is 0 Å². The smallest absolute Gasteiger partial charge is 0.178 e. The van der Waals surface area contributed by atoms with E-state index in [0.717, 1.165) is 46.8 Å². The van der Waals surface area contributed by atoms with Gasteiger partial charge in [-0.05, 0) is 35.9 Å². The van der Waals surface area contributed by atoms with E-state index in [1.165, 1.54) is 16.9 Å². The average Bonchev–Trinajstić information content (AvgIpc) is 3.35. The molecule has 1 N–H and O–H groups in total. The lowest BCUT2D eigenvalue weighted by atomic mass is 9.98. The van der Waals surface area contributed by atoms with Gasteiger partial charge in [-0.1, -0.05) is 36.4 Å². The highest BCUT2D eigenvalue weighted by molar-refractivity contribution is 7.12. The number of carbonyl (C=O) groups is 1. The molecule has 0 saturated carbocycles. The number of Topliss-reactive ketones (excluding diaryl/α,β-unsaturated/α-hetero) is 1. The topological polar surface area (TPSA) is 58.1 Å². The van der Waals surface area contributed by atoms with E-state index >= 15 is 0 Å². The van der Waals surface area contributed by atoms with Crippen LogP contribution in [0.15, 0.2) is 64.6 Å². The predicted molar refractivity (Wildman–Crippen MR) is 106 cm³/mol. The van der Waals surface area contributed by atoms with Crippen molar-refractivity contribution in [1.82, 2.24) is 10.2 Å². The van der Waals surface area contributed by atoms with E-state index in [1.807, 2.05) is 41.9 Å². The number of nitrogens with one attached hydrogen (secondary N) is 1. The second-order valence-corrected chi connectivity index (χ2v) is 7.24. The van der Waals surface area contributed by atoms with Crippen molar-refractivity contribution in [3.8, 4) is 0 Å². The van der Waals surface area contributed by atoms with Crippen molar-refractivity contribution in [2.24, 2.45) is 4.99 Å². The summed E-state index contributed by atoms with van der Waals surface area (Å²) in [4.78, 5) is 17.8. The lowest BCUT2D eigenvalue weighted by Gasteiger charge is -2.12. The molecule has 0 bridgehead atoms. The largest absolute Gasteiger partial charge is 0.293 e. The number of aromatic amines is 1. The Balaban J connectivity index is 1.57. The third-order valence-electron chi connectivity index (χ3n) is 4.42. The van der Waals surface area contributed by atoms with Crippen molar-refractivity contribution in [2.45, 2.75) is 25.7 Å². The first-order valence-corrected chi connectivity index (χ1v) is 9.57. The van der Waals surface area contributed by atoms with Crippen LogP contribution >= 0.6 is 11.3 Å². The van der Waals surface area contributed by atoms with Crippen LogP contribution in [0.4, 0.5) is 0 Å². The maximum absolute atomic E-state index is 12.5. The van der Waals surface area contributed by atoms with E-state index in [2.05, 4.69) is 33.4 Å². The first kappa shape index (κ1) is 16.7. The molecule has 1 aliphatic heterocycles. The van der Waals surface area contributed by atoms with Crippen LogP contribution in [-0.4, -0.2) is 22.2 Å². The molecule has 0 aliphatic carbocycles. The Morgan fingerprint density at radius 1 is 1.15 bits per heavy atom. The molecule has 0 amide bonds. The number of aromatic nitrogens is 2. The number of nitrogens with zero attached hydrogens (tertiary/aromatic N) is 2. The number of hydrogen-bond acceptors (Lipinski definition) is 4. The molecule has 2 aromatic heterocycles. The van der Waals surface area contributed by atoms with Crippen LogP contribution < -0.4 is 0 Å². The lowest BCUT2D eigenvalue weighted by molar-refractivity contribution is 0.0996. The van der Waals surface area contributed by atoms with E-state index in [1.54, 1.807) is 0 Å². The summed E-state index contributed by atoms with van der Waals surface area (Å²) >= 11 is 1.48. The number of hydrogen-bond donors (Lipinski definition) is 1. The van der Waals surface area contributed by atoms with Gasteiger partial charge >= 0.3 is 0 Å². The second kappa shape index (κ2) is 7.62. The molecule has 3 heterocycles. The summed E-state index contributed by atoms with van der Waals surface area (Å²) in [6.45, 7) is 0. The van der Waals surface area contributed by atoms with Gasteiger partial charge in [-0.3, -0.25) is 14.9 Å². The zero-order chi connectivity index (χ0) is 17.8. The SMILES string of the molecule is O=C(CC1=C(c2cc(Cc3ccccc3)[nH]n2)CCC=N1)c1cccs1. The highest BCUT2D eigenvalue weighted by Crippen LogP contribution is 2.30. The minimum atomic E-state index is 0.117. The van der Waals surface area contributed by atoms with Crippen LogP contribution in [0.1, 0.15) is 45.9 Å². The molecule has 1 aromatic carbocycles. The van der Waals surface area contributed by atoms with Gasteiger partial charge in [0.15, 0.2) is 5.78 Å². The Bertz CT molecular complexity index is 952. The summed E-state index contributed by atoms with van der Waals surface area (Å²) in [6.07, 6.45) is 4.79. The van der Waals surface area contributed by atoms with Crippen LogP contribution in [0, 0.1) is 0 Å². The third-order valence-corrected chi connectivity index (χ3v) is 5.33. The van der Waals surface area contributed by atoms with Gasteiger partial charge in [0.1, 0.15) is 0 Å². The predicted octanol–water partition coefficient (Wildman–Crippen LogP) is 4.91. The fourth-order valence-corrected chi connectivity index (χ4v) is 3.80. The Morgan fingerprint density at radius 2 is 2.04 bits per heavy atom. The van der Waals surface area contributed by atoms with Crippen molar-refractivity contribution in [3.63, 3.8) is 0 Å². The number of allylic oxidation sites excluding steroid dienone is 2. The number of aliphatic imine (C=N–C) groups is 1. The van der Waals surface area contributed by atoms with Gasteiger partial charge in [-0.15, -0.1) is 11.3 Å². The molecule has 3 aromatic rings. The van der Waals surface area contributed by atoms with Crippen LogP contribution in [0.2, 0.25) is 0 Å². The maximum atomic E-state index is 12.5. The number of thiophene rings is 1. The minimum absolute atomic E-state index is 0.117. The summed E-state index contributed by atoms with van der Waals surface area (Å²) in [5, 5.41) is 9.55. The van der Waals surface area contributed by atoms with Crippen molar-refractivity contribution < 1.29 is 4.79 Å². The minimum Gasteiger partial charge on any atom is -0.293 e. The lowest BCUT2D eigenvalue weighted by Crippen LogP contribution is -2.04. The average molecular weight is 361 g/mol. The van der Waals surface area contributed by atoms with E-state index in [4.69, 9.17) is 0 Å². The van der Waals surface area contributed by atoms with Crippen LogP contribution in [0.25, 0.3) is 5.57 Å². The molecule has 26 heavy (non-hydrogen) atoms. The summed E-state index contributed by atoms with van der Waals surface area (Å²) in [5.41, 5.74) is 5.13. The normalized spacial score (nSPS) is 14.0. The molecule has 0 unspecified atom stereocenters. The Hall–Kier alpha value is -2.79. The summed E-state index contributed by atoms with van der Waals surface area (Å²) < 4.78 is 0. The first-order chi connectivity index (χ1) is 12.8. The quantitative estimate of drug-likeness (QED) is 0.634. The van der Waals surface area contributed by atoms with Crippen LogP contribution in [-0.2, 0) is 6.42 Å². The molecule has 0 fully saturated rings. The first-order valence-electron chi connectivity index (χ1n) is 8.69. The Morgan fingerprint density at radius 3 is 2.85 bits per heavy atom. The van der Waals surface area contributed by atoms with E-state index in [0.29, 0.717) is 6.42 Å². The molecule has 130 valence electrons. The number of rotatable bonds is 6. The number of carbonyl (C=O) groups excluding carboxylic acids is 1. The zero-order valence-electron chi connectivity index (χ0n) is 14.3. The van der Waals surface area contributed by atoms with Crippen molar-refractivity contribution >= 4 is 28.9 Å². The summed E-state index contributed by atoms with van der Waals surface area (Å²) in [6, 6.07) is 16.2. The van der Waals surface area contributed by atoms with Gasteiger partial charge in [0, 0.05) is 23.9 Å². The second-order valence-electron chi connectivity index (χ2n) is 6.29. The molecule has 0 spiro atoms. The Labute approximate surface area is 156 Å². The highest BCUT2D eigenvalue weighted by atomic mass is 32.1.